The van der Waals surface area contributed by atoms with Gasteiger partial charge in [-0.1, -0.05) is 0 Å². The SMILES string of the molecule is O=S1(=O)CC[C@H](NO)C1. The molecular formula is C4H9NO3S. The summed E-state index contributed by atoms with van der Waals surface area (Å²) in [5.41, 5.74) is 1.94. The molecule has 0 unspecified atom stereocenters. The van der Waals surface area contributed by atoms with E-state index in [1.165, 1.54) is 0 Å². The Morgan fingerprint density at radius 3 is 2.44 bits per heavy atom. The van der Waals surface area contributed by atoms with Crippen molar-refractivity contribution in [3.05, 3.63) is 0 Å². The Labute approximate surface area is 53.8 Å². The van der Waals surface area contributed by atoms with E-state index in [0.717, 1.165) is 0 Å². The second-order valence-electron chi connectivity index (χ2n) is 2.23. The minimum atomic E-state index is -2.83. The molecule has 1 aliphatic heterocycles. The van der Waals surface area contributed by atoms with Crippen LogP contribution in [0.1, 0.15) is 6.42 Å². The van der Waals surface area contributed by atoms with Crippen LogP contribution in [-0.4, -0.2) is 31.2 Å². The van der Waals surface area contributed by atoms with Gasteiger partial charge in [0.05, 0.1) is 11.5 Å². The zero-order valence-electron chi connectivity index (χ0n) is 4.87. The third-order valence-corrected chi connectivity index (χ3v) is 3.18. The quantitative estimate of drug-likeness (QED) is 0.479. The number of hydrogen-bond acceptors (Lipinski definition) is 4. The minimum absolute atomic E-state index is 0.0729. The van der Waals surface area contributed by atoms with Crippen molar-refractivity contribution in [3.8, 4) is 0 Å². The highest BCUT2D eigenvalue weighted by atomic mass is 32.2. The molecule has 4 nitrogen and oxygen atoms in total. The number of sulfone groups is 1. The zero-order chi connectivity index (χ0) is 6.91. The van der Waals surface area contributed by atoms with Crippen LogP contribution in [0.3, 0.4) is 0 Å². The highest BCUT2D eigenvalue weighted by Crippen LogP contribution is 2.09. The van der Waals surface area contributed by atoms with E-state index in [-0.39, 0.29) is 17.5 Å². The second kappa shape index (κ2) is 2.24. The lowest BCUT2D eigenvalue weighted by Gasteiger charge is -2.00. The molecule has 0 spiro atoms. The lowest BCUT2D eigenvalue weighted by molar-refractivity contribution is 0.135. The first-order valence-corrected chi connectivity index (χ1v) is 4.56. The molecule has 1 atom stereocenters. The van der Waals surface area contributed by atoms with Crippen LogP contribution in [0.2, 0.25) is 0 Å². The van der Waals surface area contributed by atoms with Gasteiger partial charge in [0, 0.05) is 6.04 Å². The molecule has 0 aromatic heterocycles. The number of hydroxylamine groups is 1. The van der Waals surface area contributed by atoms with Crippen LogP contribution in [0.25, 0.3) is 0 Å². The average Bonchev–Trinajstić information content (AvgIpc) is 2.10. The predicted octanol–water partition coefficient (Wildman–Crippen LogP) is -0.848. The van der Waals surface area contributed by atoms with Gasteiger partial charge in [0.2, 0.25) is 0 Å². The molecule has 54 valence electrons. The van der Waals surface area contributed by atoms with Gasteiger partial charge in [-0.25, -0.2) is 13.9 Å². The van der Waals surface area contributed by atoms with Crippen molar-refractivity contribution < 1.29 is 13.6 Å². The van der Waals surface area contributed by atoms with E-state index in [2.05, 4.69) is 0 Å². The lowest BCUT2D eigenvalue weighted by atomic mass is 10.3. The van der Waals surface area contributed by atoms with Crippen LogP contribution in [0, 0.1) is 0 Å². The molecule has 0 aliphatic carbocycles. The molecule has 9 heavy (non-hydrogen) atoms. The van der Waals surface area contributed by atoms with Gasteiger partial charge >= 0.3 is 0 Å². The van der Waals surface area contributed by atoms with Crippen LogP contribution < -0.4 is 5.48 Å². The maximum absolute atomic E-state index is 10.6. The van der Waals surface area contributed by atoms with Crippen molar-refractivity contribution in [2.45, 2.75) is 12.5 Å². The summed E-state index contributed by atoms with van der Waals surface area (Å²) in [6.07, 6.45) is 0.527. The summed E-state index contributed by atoms with van der Waals surface area (Å²) in [5, 5.41) is 8.28. The number of hydrogen-bond donors (Lipinski definition) is 2. The molecule has 1 heterocycles. The number of nitrogens with one attached hydrogen (secondary N) is 1. The molecule has 0 amide bonds. The fourth-order valence-electron chi connectivity index (χ4n) is 0.897. The summed E-state index contributed by atoms with van der Waals surface area (Å²) in [4.78, 5) is 0. The van der Waals surface area contributed by atoms with Crippen LogP contribution in [-0.2, 0) is 9.84 Å². The summed E-state index contributed by atoms with van der Waals surface area (Å²) >= 11 is 0. The first kappa shape index (κ1) is 6.98. The lowest BCUT2D eigenvalue weighted by Crippen LogP contribution is -2.26. The van der Waals surface area contributed by atoms with Crippen LogP contribution in [0.15, 0.2) is 0 Å². The molecule has 1 rings (SSSR count). The van der Waals surface area contributed by atoms with Gasteiger partial charge in [-0.05, 0) is 6.42 Å². The molecule has 5 heteroatoms. The monoisotopic (exact) mass is 151 g/mol. The maximum Gasteiger partial charge on any atom is 0.151 e. The average molecular weight is 151 g/mol. The summed E-state index contributed by atoms with van der Waals surface area (Å²) in [5.74, 6) is 0.273. The normalized spacial score (nSPS) is 32.8. The van der Waals surface area contributed by atoms with Crippen molar-refractivity contribution >= 4 is 9.84 Å². The fraction of sp³-hybridized carbons (Fsp3) is 1.00. The molecule has 1 aliphatic rings. The van der Waals surface area contributed by atoms with E-state index in [4.69, 9.17) is 5.21 Å². The van der Waals surface area contributed by atoms with Crippen molar-refractivity contribution in [2.24, 2.45) is 0 Å². The molecule has 0 aromatic rings. The van der Waals surface area contributed by atoms with Crippen LogP contribution in [0.5, 0.6) is 0 Å². The highest BCUT2D eigenvalue weighted by Gasteiger charge is 2.26. The molecule has 1 fully saturated rings. The highest BCUT2D eigenvalue weighted by molar-refractivity contribution is 7.91. The maximum atomic E-state index is 10.6. The molecule has 1 saturated heterocycles. The molecule has 0 radical (unpaired) electrons. The van der Waals surface area contributed by atoms with Gasteiger partial charge in [-0.3, -0.25) is 0 Å². The minimum Gasteiger partial charge on any atom is -0.317 e. The molecule has 0 aromatic carbocycles. The van der Waals surface area contributed by atoms with Gasteiger partial charge in [0.15, 0.2) is 9.84 Å². The Bertz CT molecular complexity index is 186. The largest absolute Gasteiger partial charge is 0.317 e. The fourth-order valence-corrected chi connectivity index (χ4v) is 2.56. The van der Waals surface area contributed by atoms with Crippen molar-refractivity contribution in [2.75, 3.05) is 11.5 Å². The number of rotatable bonds is 1. The van der Waals surface area contributed by atoms with Gasteiger partial charge in [-0.15, -0.1) is 0 Å². The Morgan fingerprint density at radius 1 is 1.56 bits per heavy atom. The van der Waals surface area contributed by atoms with Gasteiger partial charge < -0.3 is 5.21 Å². The Hall–Kier alpha value is -0.130. The van der Waals surface area contributed by atoms with Crippen molar-refractivity contribution in [1.29, 1.82) is 0 Å². The van der Waals surface area contributed by atoms with E-state index in [9.17, 15) is 8.42 Å². The summed E-state index contributed by atoms with van der Waals surface area (Å²) in [6, 6.07) is -0.241. The first-order valence-electron chi connectivity index (χ1n) is 2.74. The molecule has 2 N–H and O–H groups in total. The zero-order valence-corrected chi connectivity index (χ0v) is 5.69. The molecule has 0 bridgehead atoms. The first-order chi connectivity index (χ1) is 4.14. The topological polar surface area (TPSA) is 66.4 Å². The third-order valence-electron chi connectivity index (χ3n) is 1.42. The summed E-state index contributed by atoms with van der Waals surface area (Å²) in [7, 11) is -2.83. The Morgan fingerprint density at radius 2 is 2.22 bits per heavy atom. The third kappa shape index (κ3) is 1.64. The van der Waals surface area contributed by atoms with Crippen LogP contribution >= 0.6 is 0 Å². The van der Waals surface area contributed by atoms with E-state index in [0.29, 0.717) is 6.42 Å². The smallest absolute Gasteiger partial charge is 0.151 e. The van der Waals surface area contributed by atoms with Gasteiger partial charge in [-0.2, -0.15) is 0 Å². The van der Waals surface area contributed by atoms with E-state index < -0.39 is 9.84 Å². The van der Waals surface area contributed by atoms with Gasteiger partial charge in [0.25, 0.3) is 0 Å². The van der Waals surface area contributed by atoms with Crippen molar-refractivity contribution in [3.63, 3.8) is 0 Å². The van der Waals surface area contributed by atoms with E-state index in [1.807, 2.05) is 5.48 Å². The Balaban J connectivity index is 2.58. The van der Waals surface area contributed by atoms with E-state index >= 15 is 0 Å². The predicted molar refractivity (Wildman–Crippen MR) is 32.0 cm³/mol. The standard InChI is InChI=1S/C4H9NO3S/c6-5-4-1-2-9(7,8)3-4/h4-6H,1-3H2/t4-/m0/s1. The van der Waals surface area contributed by atoms with Crippen LogP contribution in [0.4, 0.5) is 0 Å². The van der Waals surface area contributed by atoms with Gasteiger partial charge in [0.1, 0.15) is 0 Å². The summed E-state index contributed by atoms with van der Waals surface area (Å²) < 4.78 is 21.3. The van der Waals surface area contributed by atoms with Crippen molar-refractivity contribution in [1.82, 2.24) is 5.48 Å². The second-order valence-corrected chi connectivity index (χ2v) is 4.46. The molecular weight excluding hydrogens is 142 g/mol. The summed E-state index contributed by atoms with van der Waals surface area (Å²) in [6.45, 7) is 0. The molecule has 0 saturated carbocycles. The Kier molecular flexibility index (Phi) is 1.74. The van der Waals surface area contributed by atoms with E-state index in [1.54, 1.807) is 0 Å².